The molecule has 5 aromatic carbocycles. The summed E-state index contributed by atoms with van der Waals surface area (Å²) in [6.45, 7) is 0.156. The highest BCUT2D eigenvalue weighted by atomic mass is 32.2. The lowest BCUT2D eigenvalue weighted by molar-refractivity contribution is -0.142. The monoisotopic (exact) mass is 599 g/mol. The van der Waals surface area contributed by atoms with Gasteiger partial charge < -0.3 is 14.8 Å². The quantitative estimate of drug-likeness (QED) is 0.131. The number of benzene rings is 5. The lowest BCUT2D eigenvalue weighted by Crippen LogP contribution is -2.45. The number of alkyl carbamates (subject to hydrolysis) is 1. The summed E-state index contributed by atoms with van der Waals surface area (Å²) >= 11 is 1.58. The molecular weight excluding hydrogens is 566 g/mol. The molecule has 0 aromatic heterocycles. The second-order valence-electron chi connectivity index (χ2n) is 10.6. The first-order valence-electron chi connectivity index (χ1n) is 14.6. The third kappa shape index (κ3) is 5.73. The maximum Gasteiger partial charge on any atom is 0.407 e. The highest BCUT2D eigenvalue weighted by Gasteiger charge is 2.39. The summed E-state index contributed by atoms with van der Waals surface area (Å²) in [7, 11) is 1.33. The summed E-state index contributed by atoms with van der Waals surface area (Å²) < 4.78 is 10.3. The summed E-state index contributed by atoms with van der Waals surface area (Å²) in [6.07, 6.45) is -0.660. The second-order valence-corrected chi connectivity index (χ2v) is 11.9. The molecule has 0 heterocycles. The van der Waals surface area contributed by atoms with Crippen molar-refractivity contribution in [3.8, 4) is 11.1 Å². The van der Waals surface area contributed by atoms with E-state index in [1.165, 1.54) is 7.11 Å². The molecule has 0 saturated carbocycles. The first kappa shape index (κ1) is 29.3. The number of carbonyl (C=O) groups excluding carboxylic acids is 2. The van der Waals surface area contributed by atoms with Gasteiger partial charge in [-0.2, -0.15) is 0 Å². The summed E-state index contributed by atoms with van der Waals surface area (Å²) in [4.78, 5) is 26.3. The number of thioether (sulfide) groups is 1. The predicted octanol–water partition coefficient (Wildman–Crippen LogP) is 7.79. The van der Waals surface area contributed by atoms with Crippen molar-refractivity contribution in [3.05, 3.63) is 167 Å². The minimum Gasteiger partial charge on any atom is -0.467 e. The van der Waals surface area contributed by atoms with Crippen LogP contribution in [0.15, 0.2) is 140 Å². The zero-order valence-corrected chi connectivity index (χ0v) is 25.2. The number of amides is 1. The van der Waals surface area contributed by atoms with Gasteiger partial charge in [0.25, 0.3) is 0 Å². The van der Waals surface area contributed by atoms with E-state index in [-0.39, 0.29) is 18.3 Å². The van der Waals surface area contributed by atoms with Crippen LogP contribution in [-0.4, -0.2) is 37.6 Å². The lowest BCUT2D eigenvalue weighted by Gasteiger charge is -2.36. The Labute approximate surface area is 262 Å². The van der Waals surface area contributed by atoms with Gasteiger partial charge in [-0.1, -0.05) is 140 Å². The Bertz CT molecular complexity index is 1580. The Morgan fingerprint density at radius 3 is 1.57 bits per heavy atom. The zero-order valence-electron chi connectivity index (χ0n) is 24.4. The molecule has 5 aromatic rings. The molecule has 0 spiro atoms. The Hall–Kier alpha value is -4.81. The molecule has 0 saturated heterocycles. The molecule has 0 fully saturated rings. The molecule has 0 aliphatic heterocycles. The minimum atomic E-state index is -0.934. The van der Waals surface area contributed by atoms with E-state index in [2.05, 4.69) is 66.0 Å². The number of methoxy groups -OCH3 is 1. The molecule has 44 heavy (non-hydrogen) atoms. The maximum atomic E-state index is 13.2. The summed E-state index contributed by atoms with van der Waals surface area (Å²) in [5.41, 5.74) is 7.74. The zero-order chi connectivity index (χ0) is 30.4. The number of carbonyl (C=O) groups is 2. The molecule has 0 bridgehead atoms. The van der Waals surface area contributed by atoms with E-state index in [1.807, 2.05) is 78.9 Å². The van der Waals surface area contributed by atoms with Crippen molar-refractivity contribution in [3.63, 3.8) is 0 Å². The van der Waals surface area contributed by atoms with Gasteiger partial charge in [0.15, 0.2) is 0 Å². The molecule has 1 aliphatic rings. The Kier molecular flexibility index (Phi) is 8.80. The van der Waals surface area contributed by atoms with Gasteiger partial charge in [0, 0.05) is 11.7 Å². The topological polar surface area (TPSA) is 64.6 Å². The predicted molar refractivity (Wildman–Crippen MR) is 176 cm³/mol. The van der Waals surface area contributed by atoms with Crippen molar-refractivity contribution in [1.29, 1.82) is 0 Å². The number of ether oxygens (including phenoxy) is 2. The molecule has 6 rings (SSSR count). The SMILES string of the molecule is COC(=O)C(CSC(c1ccccc1)(c1ccccc1)c1ccccc1)NC(=O)OCC1c2ccccc2-c2ccccc21. The largest absolute Gasteiger partial charge is 0.467 e. The number of nitrogens with one attached hydrogen (secondary N) is 1. The molecule has 0 radical (unpaired) electrons. The van der Waals surface area contributed by atoms with Gasteiger partial charge in [0.2, 0.25) is 0 Å². The summed E-state index contributed by atoms with van der Waals surface area (Å²) in [6, 6.07) is 46.1. The molecule has 1 amide bonds. The molecule has 1 N–H and O–H groups in total. The summed E-state index contributed by atoms with van der Waals surface area (Å²) in [5.74, 6) is -0.370. The highest BCUT2D eigenvalue weighted by Crippen LogP contribution is 2.49. The van der Waals surface area contributed by atoms with Gasteiger partial charge in [-0.25, -0.2) is 9.59 Å². The van der Waals surface area contributed by atoms with Crippen LogP contribution in [0, 0.1) is 0 Å². The van der Waals surface area contributed by atoms with Crippen LogP contribution in [0.2, 0.25) is 0 Å². The van der Waals surface area contributed by atoms with Gasteiger partial charge in [0.05, 0.1) is 11.9 Å². The Balaban J connectivity index is 1.25. The normalized spacial score (nSPS) is 12.9. The van der Waals surface area contributed by atoms with Crippen LogP contribution in [0.4, 0.5) is 4.79 Å². The minimum absolute atomic E-state index is 0.0824. The summed E-state index contributed by atoms with van der Waals surface area (Å²) in [5, 5.41) is 2.81. The van der Waals surface area contributed by atoms with Crippen LogP contribution in [0.3, 0.4) is 0 Å². The first-order valence-corrected chi connectivity index (χ1v) is 15.6. The van der Waals surface area contributed by atoms with E-state index in [4.69, 9.17) is 9.47 Å². The van der Waals surface area contributed by atoms with Crippen LogP contribution in [-0.2, 0) is 19.0 Å². The fraction of sp³-hybridized carbons (Fsp3) is 0.158. The van der Waals surface area contributed by atoms with Crippen LogP contribution in [0.25, 0.3) is 11.1 Å². The van der Waals surface area contributed by atoms with E-state index < -0.39 is 22.9 Å². The molecule has 1 unspecified atom stereocenters. The Morgan fingerprint density at radius 1 is 0.682 bits per heavy atom. The van der Waals surface area contributed by atoms with Crippen molar-refractivity contribution in [2.24, 2.45) is 0 Å². The smallest absolute Gasteiger partial charge is 0.407 e. The standard InChI is InChI=1S/C38H33NO4S/c1-42-36(40)35(39-37(41)43-25-34-32-23-13-11-21-30(32)31-22-12-14-24-33(31)34)26-44-38(27-15-5-2-6-16-27,28-17-7-3-8-18-28)29-19-9-4-10-20-29/h2-24,34-35H,25-26H2,1H3,(H,39,41). The first-order chi connectivity index (χ1) is 21.6. The van der Waals surface area contributed by atoms with Crippen molar-refractivity contribution in [2.75, 3.05) is 19.5 Å². The van der Waals surface area contributed by atoms with Crippen LogP contribution in [0.5, 0.6) is 0 Å². The van der Waals surface area contributed by atoms with Gasteiger partial charge in [-0.05, 0) is 38.9 Å². The molecule has 5 nitrogen and oxygen atoms in total. The van der Waals surface area contributed by atoms with E-state index in [9.17, 15) is 9.59 Å². The van der Waals surface area contributed by atoms with Crippen LogP contribution in [0.1, 0.15) is 33.7 Å². The average Bonchev–Trinajstić information content (AvgIpc) is 3.41. The third-order valence-corrected chi connectivity index (χ3v) is 9.77. The van der Waals surface area contributed by atoms with Crippen LogP contribution >= 0.6 is 11.8 Å². The van der Waals surface area contributed by atoms with E-state index in [0.29, 0.717) is 0 Å². The molecule has 6 heteroatoms. The fourth-order valence-electron chi connectivity index (χ4n) is 6.07. The second kappa shape index (κ2) is 13.2. The Morgan fingerprint density at radius 2 is 1.11 bits per heavy atom. The van der Waals surface area contributed by atoms with Crippen molar-refractivity contribution in [2.45, 2.75) is 16.7 Å². The van der Waals surface area contributed by atoms with E-state index in [0.717, 1.165) is 38.9 Å². The van der Waals surface area contributed by atoms with Gasteiger partial charge in [-0.3, -0.25) is 0 Å². The number of esters is 1. The molecule has 1 aliphatic carbocycles. The van der Waals surface area contributed by atoms with Gasteiger partial charge in [0.1, 0.15) is 12.6 Å². The number of hydrogen-bond donors (Lipinski definition) is 1. The number of rotatable bonds is 10. The molecular formula is C38H33NO4S. The number of hydrogen-bond acceptors (Lipinski definition) is 5. The van der Waals surface area contributed by atoms with E-state index in [1.54, 1.807) is 11.8 Å². The fourth-order valence-corrected chi connectivity index (χ4v) is 7.61. The van der Waals surface area contributed by atoms with Crippen LogP contribution < -0.4 is 5.32 Å². The average molecular weight is 600 g/mol. The van der Waals surface area contributed by atoms with Crippen molar-refractivity contribution < 1.29 is 19.1 Å². The van der Waals surface area contributed by atoms with Crippen molar-refractivity contribution >= 4 is 23.8 Å². The highest BCUT2D eigenvalue weighted by molar-refractivity contribution is 8.00. The van der Waals surface area contributed by atoms with E-state index >= 15 is 0 Å². The van der Waals surface area contributed by atoms with Gasteiger partial charge >= 0.3 is 12.1 Å². The van der Waals surface area contributed by atoms with Gasteiger partial charge in [-0.15, -0.1) is 11.8 Å². The third-order valence-electron chi connectivity index (χ3n) is 8.13. The molecule has 220 valence electrons. The lowest BCUT2D eigenvalue weighted by atomic mass is 9.84. The number of fused-ring (bicyclic) bond motifs is 3. The maximum absolute atomic E-state index is 13.2. The van der Waals surface area contributed by atoms with Crippen molar-refractivity contribution in [1.82, 2.24) is 5.32 Å². The molecule has 1 atom stereocenters.